The third kappa shape index (κ3) is 4.90. The Morgan fingerprint density at radius 2 is 1.95 bits per heavy atom. The zero-order valence-electron chi connectivity index (χ0n) is 12.0. The summed E-state index contributed by atoms with van der Waals surface area (Å²) in [6.07, 6.45) is 3.65. The fourth-order valence-electron chi connectivity index (χ4n) is 1.72. The molecule has 1 aromatic carbocycles. The molecule has 0 fully saturated rings. The van der Waals surface area contributed by atoms with Crippen LogP contribution in [0.2, 0.25) is 0 Å². The van der Waals surface area contributed by atoms with Gasteiger partial charge < -0.3 is 15.0 Å². The summed E-state index contributed by atoms with van der Waals surface area (Å²) in [5.74, 6) is 0.902. The van der Waals surface area contributed by atoms with Crippen molar-refractivity contribution in [1.29, 1.82) is 0 Å². The van der Waals surface area contributed by atoms with Gasteiger partial charge in [0.15, 0.2) is 0 Å². The van der Waals surface area contributed by atoms with Crippen molar-refractivity contribution in [1.82, 2.24) is 9.88 Å². The Hall–Kier alpha value is -2.07. The highest BCUT2D eigenvalue weighted by atomic mass is 16.5. The summed E-state index contributed by atoms with van der Waals surface area (Å²) in [5, 5.41) is 3.36. The van der Waals surface area contributed by atoms with E-state index in [2.05, 4.69) is 21.3 Å². The summed E-state index contributed by atoms with van der Waals surface area (Å²) in [6, 6.07) is 12.0. The second kappa shape index (κ2) is 7.50. The molecule has 0 unspecified atom stereocenters. The monoisotopic (exact) mass is 271 g/mol. The Labute approximate surface area is 120 Å². The van der Waals surface area contributed by atoms with Gasteiger partial charge in [-0.1, -0.05) is 6.07 Å². The Morgan fingerprint density at radius 1 is 1.15 bits per heavy atom. The van der Waals surface area contributed by atoms with Gasteiger partial charge in [0.05, 0.1) is 0 Å². The third-order valence-corrected chi connectivity index (χ3v) is 2.88. The van der Waals surface area contributed by atoms with E-state index in [4.69, 9.17) is 4.74 Å². The molecule has 106 valence electrons. The summed E-state index contributed by atoms with van der Waals surface area (Å²) in [5.41, 5.74) is 2.24. The zero-order valence-corrected chi connectivity index (χ0v) is 12.0. The third-order valence-electron chi connectivity index (χ3n) is 2.88. The summed E-state index contributed by atoms with van der Waals surface area (Å²) in [6.45, 7) is 2.39. The number of hydrogen-bond acceptors (Lipinski definition) is 4. The van der Waals surface area contributed by atoms with Gasteiger partial charge in [-0.2, -0.15) is 0 Å². The highest BCUT2D eigenvalue weighted by Crippen LogP contribution is 2.16. The topological polar surface area (TPSA) is 37.4 Å². The first-order chi connectivity index (χ1) is 9.74. The normalized spacial score (nSPS) is 10.6. The number of rotatable bonds is 7. The van der Waals surface area contributed by atoms with E-state index in [0.717, 1.165) is 24.5 Å². The SMILES string of the molecule is CN(C)CCOc1ccc(NCc2cccnc2)cc1. The summed E-state index contributed by atoms with van der Waals surface area (Å²) >= 11 is 0. The molecule has 0 amide bonds. The number of anilines is 1. The van der Waals surface area contributed by atoms with Crippen LogP contribution >= 0.6 is 0 Å². The molecule has 0 saturated carbocycles. The van der Waals surface area contributed by atoms with Gasteiger partial charge in [-0.3, -0.25) is 4.98 Å². The Morgan fingerprint density at radius 3 is 2.60 bits per heavy atom. The number of hydrogen-bond donors (Lipinski definition) is 1. The van der Waals surface area contributed by atoms with Crippen LogP contribution < -0.4 is 10.1 Å². The molecular weight excluding hydrogens is 250 g/mol. The lowest BCUT2D eigenvalue weighted by molar-refractivity contribution is 0.261. The van der Waals surface area contributed by atoms with Crippen molar-refractivity contribution in [3.05, 3.63) is 54.4 Å². The van der Waals surface area contributed by atoms with Crippen molar-refractivity contribution < 1.29 is 4.74 Å². The average molecular weight is 271 g/mol. The van der Waals surface area contributed by atoms with Crippen molar-refractivity contribution in [3.63, 3.8) is 0 Å². The summed E-state index contributed by atoms with van der Waals surface area (Å²) in [4.78, 5) is 6.20. The highest BCUT2D eigenvalue weighted by molar-refractivity contribution is 5.46. The molecule has 2 rings (SSSR count). The molecule has 1 N–H and O–H groups in total. The quantitative estimate of drug-likeness (QED) is 0.840. The molecule has 0 aliphatic rings. The van der Waals surface area contributed by atoms with Crippen molar-refractivity contribution in [2.75, 3.05) is 32.6 Å². The van der Waals surface area contributed by atoms with Crippen molar-refractivity contribution >= 4 is 5.69 Å². The first kappa shape index (κ1) is 14.3. The summed E-state index contributed by atoms with van der Waals surface area (Å²) in [7, 11) is 4.07. The van der Waals surface area contributed by atoms with Gasteiger partial charge in [0, 0.05) is 31.2 Å². The van der Waals surface area contributed by atoms with Crippen molar-refractivity contribution in [2.24, 2.45) is 0 Å². The maximum atomic E-state index is 5.66. The zero-order chi connectivity index (χ0) is 14.2. The van der Waals surface area contributed by atoms with Crippen molar-refractivity contribution in [2.45, 2.75) is 6.54 Å². The van der Waals surface area contributed by atoms with Crippen LogP contribution in [-0.4, -0.2) is 37.1 Å². The second-order valence-corrected chi connectivity index (χ2v) is 4.89. The molecule has 0 spiro atoms. The van der Waals surface area contributed by atoms with Gasteiger partial charge in [-0.25, -0.2) is 0 Å². The Kier molecular flexibility index (Phi) is 5.38. The van der Waals surface area contributed by atoms with Crippen LogP contribution in [0.25, 0.3) is 0 Å². The van der Waals surface area contributed by atoms with E-state index in [1.807, 2.05) is 50.6 Å². The molecule has 0 bridgehead atoms. The molecule has 0 radical (unpaired) electrons. The van der Waals surface area contributed by atoms with E-state index in [1.165, 1.54) is 5.56 Å². The van der Waals surface area contributed by atoms with Gasteiger partial charge in [0.1, 0.15) is 12.4 Å². The Balaban J connectivity index is 1.79. The maximum absolute atomic E-state index is 5.66. The highest BCUT2D eigenvalue weighted by Gasteiger charge is 1.97. The molecule has 1 aromatic heterocycles. The number of nitrogens with zero attached hydrogens (tertiary/aromatic N) is 2. The smallest absolute Gasteiger partial charge is 0.119 e. The van der Waals surface area contributed by atoms with Gasteiger partial charge in [-0.15, -0.1) is 0 Å². The molecule has 0 aliphatic carbocycles. The van der Waals surface area contributed by atoms with Gasteiger partial charge in [0.25, 0.3) is 0 Å². The molecular formula is C16H21N3O. The fraction of sp³-hybridized carbons (Fsp3) is 0.312. The maximum Gasteiger partial charge on any atom is 0.119 e. The Bertz CT molecular complexity index is 497. The van der Waals surface area contributed by atoms with E-state index in [0.29, 0.717) is 6.61 Å². The van der Waals surface area contributed by atoms with Crippen LogP contribution in [0.5, 0.6) is 5.75 Å². The number of likely N-dealkylation sites (N-methyl/N-ethyl adjacent to an activating group) is 1. The van der Waals surface area contributed by atoms with Crippen LogP contribution in [-0.2, 0) is 6.54 Å². The average Bonchev–Trinajstić information content (AvgIpc) is 2.47. The fourth-order valence-corrected chi connectivity index (χ4v) is 1.72. The van der Waals surface area contributed by atoms with Gasteiger partial charge in [-0.05, 0) is 50.0 Å². The van der Waals surface area contributed by atoms with Crippen LogP contribution in [0.1, 0.15) is 5.56 Å². The lowest BCUT2D eigenvalue weighted by Gasteiger charge is -2.11. The number of ether oxygens (including phenoxy) is 1. The molecule has 20 heavy (non-hydrogen) atoms. The number of aromatic nitrogens is 1. The number of nitrogens with one attached hydrogen (secondary N) is 1. The van der Waals surface area contributed by atoms with E-state index in [1.54, 1.807) is 6.20 Å². The van der Waals surface area contributed by atoms with E-state index >= 15 is 0 Å². The predicted molar refractivity (Wildman–Crippen MR) is 82.1 cm³/mol. The van der Waals surface area contributed by atoms with Gasteiger partial charge >= 0.3 is 0 Å². The number of benzene rings is 1. The van der Waals surface area contributed by atoms with E-state index in [-0.39, 0.29) is 0 Å². The molecule has 2 aromatic rings. The van der Waals surface area contributed by atoms with Crippen molar-refractivity contribution in [3.8, 4) is 5.75 Å². The minimum absolute atomic E-state index is 0.704. The molecule has 4 heteroatoms. The second-order valence-electron chi connectivity index (χ2n) is 4.89. The molecule has 0 atom stereocenters. The van der Waals surface area contributed by atoms with Gasteiger partial charge in [0.2, 0.25) is 0 Å². The van der Waals surface area contributed by atoms with Crippen LogP contribution in [0.15, 0.2) is 48.8 Å². The first-order valence-electron chi connectivity index (χ1n) is 6.74. The minimum atomic E-state index is 0.704. The molecule has 0 aliphatic heterocycles. The first-order valence-corrected chi connectivity index (χ1v) is 6.74. The van der Waals surface area contributed by atoms with E-state index in [9.17, 15) is 0 Å². The lowest BCUT2D eigenvalue weighted by Crippen LogP contribution is -2.19. The van der Waals surface area contributed by atoms with E-state index < -0.39 is 0 Å². The predicted octanol–water partition coefficient (Wildman–Crippen LogP) is 2.63. The largest absolute Gasteiger partial charge is 0.492 e. The molecule has 0 saturated heterocycles. The summed E-state index contributed by atoms with van der Waals surface area (Å²) < 4.78 is 5.66. The molecule has 1 heterocycles. The standard InChI is InChI=1S/C16H21N3O/c1-19(2)10-11-20-16-7-5-15(6-8-16)18-13-14-4-3-9-17-12-14/h3-9,12,18H,10-11,13H2,1-2H3. The van der Waals surface area contributed by atoms with Crippen LogP contribution in [0, 0.1) is 0 Å². The van der Waals surface area contributed by atoms with Crippen LogP contribution in [0.4, 0.5) is 5.69 Å². The molecule has 4 nitrogen and oxygen atoms in total. The van der Waals surface area contributed by atoms with Crippen LogP contribution in [0.3, 0.4) is 0 Å². The minimum Gasteiger partial charge on any atom is -0.492 e. The lowest BCUT2D eigenvalue weighted by atomic mass is 10.2. The number of pyridine rings is 1.